The quantitative estimate of drug-likeness (QED) is 0.374. The van der Waals surface area contributed by atoms with Gasteiger partial charge in [-0.25, -0.2) is 4.98 Å². The molecule has 1 saturated carbocycles. The van der Waals surface area contributed by atoms with Gasteiger partial charge in [0.25, 0.3) is 11.8 Å². The number of nitrogens with zero attached hydrogens (tertiary/aromatic N) is 5. The number of imidazole rings is 1. The molecule has 10 nitrogen and oxygen atoms in total. The number of ether oxygens (including phenoxy) is 1. The van der Waals surface area contributed by atoms with Gasteiger partial charge in [-0.1, -0.05) is 18.2 Å². The van der Waals surface area contributed by atoms with Gasteiger partial charge in [-0.15, -0.1) is 10.2 Å². The van der Waals surface area contributed by atoms with Gasteiger partial charge in [0.1, 0.15) is 18.3 Å². The summed E-state index contributed by atoms with van der Waals surface area (Å²) in [6.07, 6.45) is 6.21. The molecular formula is C23H29N7O3S. The minimum atomic E-state index is -0.454. The van der Waals surface area contributed by atoms with Crippen molar-refractivity contribution in [1.29, 1.82) is 0 Å². The largest absolute Gasteiger partial charge is 0.368 e. The standard InChI is InChI=1S/C23H29N7O3S/c1-29-13-25-28-23(29)34-10-8-24-21(31)15-11-16-19(30(2)20(26-16)14-5-3-6-14)17(12-15)27-22(32)18-7-4-9-33-18/h11-14,18H,3-10H2,1-2H3,(H,24,31)(H,27,32). The van der Waals surface area contributed by atoms with Gasteiger partial charge in [0.15, 0.2) is 5.16 Å². The third-order valence-corrected chi connectivity index (χ3v) is 7.54. The second-order valence-corrected chi connectivity index (χ2v) is 9.93. The van der Waals surface area contributed by atoms with E-state index < -0.39 is 6.10 Å². The second-order valence-electron chi connectivity index (χ2n) is 8.87. The smallest absolute Gasteiger partial charge is 0.253 e. The van der Waals surface area contributed by atoms with Gasteiger partial charge in [-0.2, -0.15) is 0 Å². The molecule has 180 valence electrons. The number of benzene rings is 1. The van der Waals surface area contributed by atoms with E-state index in [2.05, 4.69) is 25.4 Å². The monoisotopic (exact) mass is 483 g/mol. The summed E-state index contributed by atoms with van der Waals surface area (Å²) >= 11 is 1.52. The number of aryl methyl sites for hydroxylation is 2. The molecule has 11 heteroatoms. The lowest BCUT2D eigenvalue weighted by Gasteiger charge is -2.24. The SMILES string of the molecule is Cn1cnnc1SCCNC(=O)c1cc(NC(=O)C2CCCO2)c2c(c1)nc(C1CCC1)n2C. The van der Waals surface area contributed by atoms with E-state index in [9.17, 15) is 9.59 Å². The van der Waals surface area contributed by atoms with Crippen LogP contribution in [0.1, 0.15) is 54.2 Å². The Kier molecular flexibility index (Phi) is 6.55. The maximum atomic E-state index is 13.0. The molecule has 1 atom stereocenters. The highest BCUT2D eigenvalue weighted by Gasteiger charge is 2.28. The molecule has 2 aliphatic rings. The van der Waals surface area contributed by atoms with Crippen LogP contribution >= 0.6 is 11.8 Å². The summed E-state index contributed by atoms with van der Waals surface area (Å²) in [6, 6.07) is 3.55. The molecule has 1 aromatic carbocycles. The van der Waals surface area contributed by atoms with E-state index in [1.165, 1.54) is 18.2 Å². The predicted octanol–water partition coefficient (Wildman–Crippen LogP) is 2.61. The molecule has 3 aromatic rings. The number of carbonyl (C=O) groups is 2. The number of anilines is 1. The fourth-order valence-electron chi connectivity index (χ4n) is 4.44. The highest BCUT2D eigenvalue weighted by atomic mass is 32.2. The number of thioether (sulfide) groups is 1. The molecule has 5 rings (SSSR count). The van der Waals surface area contributed by atoms with Crippen molar-refractivity contribution in [2.24, 2.45) is 14.1 Å². The molecule has 2 fully saturated rings. The highest BCUT2D eigenvalue weighted by Crippen LogP contribution is 2.38. The van der Waals surface area contributed by atoms with Gasteiger partial charge < -0.3 is 24.5 Å². The van der Waals surface area contributed by atoms with Crippen LogP contribution in [0.15, 0.2) is 23.6 Å². The Morgan fingerprint density at radius 2 is 2.06 bits per heavy atom. The Morgan fingerprint density at radius 3 is 2.74 bits per heavy atom. The summed E-state index contributed by atoms with van der Waals surface area (Å²) in [5.41, 5.74) is 2.62. The number of rotatable bonds is 8. The molecule has 0 radical (unpaired) electrons. The summed E-state index contributed by atoms with van der Waals surface area (Å²) in [5.74, 6) is 1.71. The molecule has 0 spiro atoms. The van der Waals surface area contributed by atoms with Crippen molar-refractivity contribution in [1.82, 2.24) is 29.6 Å². The zero-order valence-corrected chi connectivity index (χ0v) is 20.2. The van der Waals surface area contributed by atoms with E-state index in [0.717, 1.165) is 35.8 Å². The summed E-state index contributed by atoms with van der Waals surface area (Å²) in [4.78, 5) is 30.7. The lowest BCUT2D eigenvalue weighted by atomic mass is 9.85. The van der Waals surface area contributed by atoms with Gasteiger partial charge in [0.2, 0.25) is 0 Å². The lowest BCUT2D eigenvalue weighted by molar-refractivity contribution is -0.124. The number of hydrogen-bond donors (Lipinski definition) is 2. The Balaban J connectivity index is 1.36. The zero-order chi connectivity index (χ0) is 23.7. The first-order valence-corrected chi connectivity index (χ1v) is 12.7. The molecule has 3 heterocycles. The third kappa shape index (κ3) is 4.54. The lowest BCUT2D eigenvalue weighted by Crippen LogP contribution is -2.28. The van der Waals surface area contributed by atoms with Crippen molar-refractivity contribution >= 4 is 40.3 Å². The fourth-order valence-corrected chi connectivity index (χ4v) is 5.18. The zero-order valence-electron chi connectivity index (χ0n) is 19.4. The van der Waals surface area contributed by atoms with Gasteiger partial charge in [0, 0.05) is 44.5 Å². The molecule has 2 aromatic heterocycles. The third-order valence-electron chi connectivity index (χ3n) is 6.50. The van der Waals surface area contributed by atoms with Crippen LogP contribution in [0.4, 0.5) is 5.69 Å². The molecule has 0 bridgehead atoms. The van der Waals surface area contributed by atoms with Crippen molar-refractivity contribution in [2.75, 3.05) is 24.2 Å². The Bertz CT molecular complexity index is 1210. The summed E-state index contributed by atoms with van der Waals surface area (Å²) in [5, 5.41) is 14.7. The van der Waals surface area contributed by atoms with Crippen molar-refractivity contribution in [3.8, 4) is 0 Å². The maximum absolute atomic E-state index is 13.0. The molecule has 1 saturated heterocycles. The molecule has 1 aliphatic carbocycles. The highest BCUT2D eigenvalue weighted by molar-refractivity contribution is 7.99. The summed E-state index contributed by atoms with van der Waals surface area (Å²) in [7, 11) is 3.86. The number of fused-ring (bicyclic) bond motifs is 1. The number of nitrogens with one attached hydrogen (secondary N) is 2. The Hall–Kier alpha value is -2.92. The van der Waals surface area contributed by atoms with Crippen molar-refractivity contribution < 1.29 is 14.3 Å². The van der Waals surface area contributed by atoms with E-state index in [1.54, 1.807) is 12.4 Å². The number of aromatic nitrogens is 5. The fraction of sp³-hybridized carbons (Fsp3) is 0.522. The van der Waals surface area contributed by atoms with E-state index in [0.29, 0.717) is 48.0 Å². The van der Waals surface area contributed by atoms with Gasteiger partial charge in [-0.05, 0) is 37.8 Å². The molecule has 1 aliphatic heterocycles. The van der Waals surface area contributed by atoms with Crippen LogP contribution in [0.2, 0.25) is 0 Å². The number of hydrogen-bond acceptors (Lipinski definition) is 7. The van der Waals surface area contributed by atoms with Crippen LogP contribution in [0.25, 0.3) is 11.0 Å². The van der Waals surface area contributed by atoms with Crippen molar-refractivity contribution in [2.45, 2.75) is 49.3 Å². The Labute approximate surface area is 201 Å². The first kappa shape index (κ1) is 22.9. The van der Waals surface area contributed by atoms with Crippen LogP contribution in [-0.4, -0.2) is 61.1 Å². The van der Waals surface area contributed by atoms with E-state index in [-0.39, 0.29) is 11.8 Å². The van der Waals surface area contributed by atoms with E-state index in [4.69, 9.17) is 9.72 Å². The van der Waals surface area contributed by atoms with Crippen LogP contribution in [0, 0.1) is 0 Å². The van der Waals surface area contributed by atoms with Crippen LogP contribution in [-0.2, 0) is 23.6 Å². The number of amides is 2. The van der Waals surface area contributed by atoms with E-state index >= 15 is 0 Å². The summed E-state index contributed by atoms with van der Waals surface area (Å²) < 4.78 is 9.45. The maximum Gasteiger partial charge on any atom is 0.253 e. The molecule has 2 amide bonds. The minimum Gasteiger partial charge on any atom is -0.368 e. The molecule has 1 unspecified atom stereocenters. The molecule has 34 heavy (non-hydrogen) atoms. The minimum absolute atomic E-state index is 0.178. The predicted molar refractivity (Wildman–Crippen MR) is 129 cm³/mol. The van der Waals surface area contributed by atoms with Crippen molar-refractivity contribution in [3.05, 3.63) is 29.8 Å². The van der Waals surface area contributed by atoms with Gasteiger partial charge in [0.05, 0.1) is 16.7 Å². The van der Waals surface area contributed by atoms with Crippen molar-refractivity contribution in [3.63, 3.8) is 0 Å². The van der Waals surface area contributed by atoms with Crippen LogP contribution in [0.3, 0.4) is 0 Å². The average Bonchev–Trinajstić information content (AvgIpc) is 3.52. The first-order chi connectivity index (χ1) is 16.5. The summed E-state index contributed by atoms with van der Waals surface area (Å²) in [6.45, 7) is 1.07. The van der Waals surface area contributed by atoms with Crippen LogP contribution in [0.5, 0.6) is 0 Å². The van der Waals surface area contributed by atoms with Crippen LogP contribution < -0.4 is 10.6 Å². The average molecular weight is 484 g/mol. The van der Waals surface area contributed by atoms with E-state index in [1.807, 2.05) is 24.7 Å². The Morgan fingerprint density at radius 1 is 1.21 bits per heavy atom. The number of carbonyl (C=O) groups excluding carboxylic acids is 2. The molecule has 2 N–H and O–H groups in total. The van der Waals surface area contributed by atoms with Gasteiger partial charge in [-0.3, -0.25) is 9.59 Å². The molecular weight excluding hydrogens is 454 g/mol. The first-order valence-electron chi connectivity index (χ1n) is 11.7. The topological polar surface area (TPSA) is 116 Å². The second kappa shape index (κ2) is 9.75. The van der Waals surface area contributed by atoms with Gasteiger partial charge >= 0.3 is 0 Å². The normalized spacial score (nSPS) is 18.2.